The predicted molar refractivity (Wildman–Crippen MR) is 104 cm³/mol. The minimum Gasteiger partial charge on any atom is -0.394 e. The van der Waals surface area contributed by atoms with Gasteiger partial charge in [-0.05, 0) is 38.0 Å². The van der Waals surface area contributed by atoms with Crippen molar-refractivity contribution in [3.8, 4) is 5.69 Å². The summed E-state index contributed by atoms with van der Waals surface area (Å²) >= 11 is 0. The number of aliphatic hydroxyl groups excluding tert-OH is 1. The lowest BCUT2D eigenvalue weighted by Gasteiger charge is -2.34. The Kier molecular flexibility index (Phi) is 4.91. The van der Waals surface area contributed by atoms with Crippen LogP contribution in [0.3, 0.4) is 0 Å². The molecule has 5 heteroatoms. The fraction of sp³-hybridized carbons (Fsp3) is 0.381. The molecule has 1 saturated heterocycles. The highest BCUT2D eigenvalue weighted by molar-refractivity contribution is 5.54. The molecule has 5 nitrogen and oxygen atoms in total. The summed E-state index contributed by atoms with van der Waals surface area (Å²) in [4.78, 5) is 2.19. The molecule has 2 heterocycles. The maximum Gasteiger partial charge on any atom is 0.159 e. The van der Waals surface area contributed by atoms with E-state index >= 15 is 0 Å². The third-order valence-electron chi connectivity index (χ3n) is 5.00. The summed E-state index contributed by atoms with van der Waals surface area (Å²) in [5.74, 6) is 0.922. The second-order valence-corrected chi connectivity index (χ2v) is 6.85. The first-order valence-corrected chi connectivity index (χ1v) is 9.26. The molecule has 2 aliphatic rings. The highest BCUT2D eigenvalue weighted by atomic mass is 16.5. The van der Waals surface area contributed by atoms with E-state index in [9.17, 15) is 5.11 Å². The van der Waals surface area contributed by atoms with Crippen LogP contribution in [0.1, 0.15) is 18.4 Å². The maximum atomic E-state index is 9.79. The molecule has 1 atom stereocenters. The van der Waals surface area contributed by atoms with Crippen LogP contribution in [-0.2, 0) is 4.74 Å². The number of ether oxygens (including phenoxy) is 1. The van der Waals surface area contributed by atoms with E-state index in [0.717, 1.165) is 41.5 Å². The second-order valence-electron chi connectivity index (χ2n) is 6.85. The SMILES string of the molecule is Cc1ccc(-n2nc(N3CCOCC3CO)c3/c2=C\CC/C=C\C=3)cc1. The van der Waals surface area contributed by atoms with Gasteiger partial charge >= 0.3 is 0 Å². The Morgan fingerprint density at radius 1 is 1.23 bits per heavy atom. The van der Waals surface area contributed by atoms with Gasteiger partial charge in [0, 0.05) is 11.8 Å². The summed E-state index contributed by atoms with van der Waals surface area (Å²) in [5, 5.41) is 17.0. The van der Waals surface area contributed by atoms with Crippen molar-refractivity contribution < 1.29 is 9.84 Å². The van der Waals surface area contributed by atoms with Gasteiger partial charge in [-0.1, -0.05) is 35.9 Å². The van der Waals surface area contributed by atoms with Crippen molar-refractivity contribution in [2.75, 3.05) is 31.3 Å². The Bertz CT molecular complexity index is 912. The van der Waals surface area contributed by atoms with Gasteiger partial charge in [0.05, 0.1) is 36.9 Å². The molecule has 26 heavy (non-hydrogen) atoms. The summed E-state index contributed by atoms with van der Waals surface area (Å²) < 4.78 is 7.58. The molecule has 0 bridgehead atoms. The lowest BCUT2D eigenvalue weighted by Crippen LogP contribution is -2.50. The summed E-state index contributed by atoms with van der Waals surface area (Å²) in [5.41, 5.74) is 2.29. The smallest absolute Gasteiger partial charge is 0.159 e. The average Bonchev–Trinajstić information content (AvgIpc) is 2.99. The van der Waals surface area contributed by atoms with Gasteiger partial charge in [0.1, 0.15) is 0 Å². The van der Waals surface area contributed by atoms with Gasteiger partial charge < -0.3 is 14.7 Å². The lowest BCUT2D eigenvalue weighted by atomic mass is 10.1. The van der Waals surface area contributed by atoms with Gasteiger partial charge in [-0.15, -0.1) is 5.10 Å². The fourth-order valence-electron chi connectivity index (χ4n) is 3.54. The first-order valence-electron chi connectivity index (χ1n) is 9.26. The molecule has 1 aliphatic carbocycles. The van der Waals surface area contributed by atoms with E-state index in [0.29, 0.717) is 13.2 Å². The van der Waals surface area contributed by atoms with Crippen LogP contribution in [0.15, 0.2) is 36.4 Å². The number of hydrogen-bond acceptors (Lipinski definition) is 4. The minimum absolute atomic E-state index is 0.0583. The van der Waals surface area contributed by atoms with E-state index in [2.05, 4.69) is 60.4 Å². The molecule has 0 radical (unpaired) electrons. The molecule has 1 aromatic carbocycles. The summed E-state index contributed by atoms with van der Waals surface area (Å²) in [6, 6.07) is 8.38. The van der Waals surface area contributed by atoms with Crippen molar-refractivity contribution in [3.63, 3.8) is 0 Å². The molecule has 4 rings (SSSR count). The monoisotopic (exact) mass is 351 g/mol. The highest BCUT2D eigenvalue weighted by Crippen LogP contribution is 2.15. The van der Waals surface area contributed by atoms with Crippen molar-refractivity contribution in [2.24, 2.45) is 0 Å². The molecule has 1 N–H and O–H groups in total. The average molecular weight is 351 g/mol. The zero-order valence-corrected chi connectivity index (χ0v) is 15.1. The molecule has 0 amide bonds. The number of allylic oxidation sites excluding steroid dienone is 2. The number of morpholine rings is 1. The zero-order chi connectivity index (χ0) is 17.9. The van der Waals surface area contributed by atoms with E-state index in [4.69, 9.17) is 9.84 Å². The van der Waals surface area contributed by atoms with E-state index in [-0.39, 0.29) is 12.6 Å². The van der Waals surface area contributed by atoms with E-state index in [1.807, 2.05) is 4.68 Å². The summed E-state index contributed by atoms with van der Waals surface area (Å²) in [7, 11) is 0. The number of rotatable bonds is 3. The van der Waals surface area contributed by atoms with Crippen LogP contribution < -0.4 is 15.5 Å². The Labute approximate surface area is 153 Å². The Hall–Kier alpha value is -2.37. The van der Waals surface area contributed by atoms with E-state index in [1.165, 1.54) is 5.56 Å². The number of aryl methyl sites for hydroxylation is 1. The molecular weight excluding hydrogens is 326 g/mol. The second kappa shape index (κ2) is 7.48. The molecule has 1 unspecified atom stereocenters. The van der Waals surface area contributed by atoms with Crippen molar-refractivity contribution in [1.82, 2.24) is 9.78 Å². The topological polar surface area (TPSA) is 50.5 Å². The molecule has 2 aromatic rings. The van der Waals surface area contributed by atoms with Crippen LogP contribution >= 0.6 is 0 Å². The van der Waals surface area contributed by atoms with Gasteiger partial charge in [-0.3, -0.25) is 0 Å². The maximum absolute atomic E-state index is 9.79. The van der Waals surface area contributed by atoms with Gasteiger partial charge in [0.25, 0.3) is 0 Å². The standard InChI is InChI=1S/C21H25N3O2/c1-16-8-10-17(11-9-16)24-20-7-5-3-2-4-6-19(20)21(22-24)23-12-13-26-15-18(23)14-25/h2,4,6-11,18,25H,3,5,12-15H2,1H3/b4-2-,19-6+,20-7+. The number of aromatic nitrogens is 2. The number of benzene rings is 1. The van der Waals surface area contributed by atoms with E-state index < -0.39 is 0 Å². The predicted octanol–water partition coefficient (Wildman–Crippen LogP) is 1.29. The number of nitrogens with zero attached hydrogens (tertiary/aromatic N) is 3. The van der Waals surface area contributed by atoms with Crippen LogP contribution in [0.25, 0.3) is 17.8 Å². The third kappa shape index (κ3) is 3.20. The van der Waals surface area contributed by atoms with E-state index in [1.54, 1.807) is 0 Å². The van der Waals surface area contributed by atoms with Crippen LogP contribution in [0.4, 0.5) is 5.82 Å². The number of fused-ring (bicyclic) bond motifs is 1. The molecule has 1 aliphatic heterocycles. The van der Waals surface area contributed by atoms with Gasteiger partial charge in [-0.25, -0.2) is 4.68 Å². The molecule has 0 saturated carbocycles. The van der Waals surface area contributed by atoms with Crippen LogP contribution in [0, 0.1) is 6.92 Å². The fourth-order valence-corrected chi connectivity index (χ4v) is 3.54. The molecular formula is C21H25N3O2. The zero-order valence-electron chi connectivity index (χ0n) is 15.1. The molecule has 136 valence electrons. The minimum atomic E-state index is -0.0583. The Morgan fingerprint density at radius 2 is 2.08 bits per heavy atom. The van der Waals surface area contributed by atoms with Crippen molar-refractivity contribution >= 4 is 18.0 Å². The van der Waals surface area contributed by atoms with Crippen LogP contribution in [0.5, 0.6) is 0 Å². The largest absolute Gasteiger partial charge is 0.394 e. The summed E-state index contributed by atoms with van der Waals surface area (Å²) in [6.45, 7) is 4.07. The highest BCUT2D eigenvalue weighted by Gasteiger charge is 2.26. The van der Waals surface area contributed by atoms with Crippen LogP contribution in [0.2, 0.25) is 0 Å². The number of aliphatic hydroxyl groups is 1. The molecule has 0 spiro atoms. The van der Waals surface area contributed by atoms with Gasteiger partial charge in [0.15, 0.2) is 5.82 Å². The van der Waals surface area contributed by atoms with Crippen molar-refractivity contribution in [1.29, 1.82) is 0 Å². The molecule has 1 fully saturated rings. The van der Waals surface area contributed by atoms with Gasteiger partial charge in [-0.2, -0.15) is 0 Å². The number of anilines is 1. The van der Waals surface area contributed by atoms with Crippen molar-refractivity contribution in [3.05, 3.63) is 52.5 Å². The molecule has 1 aromatic heterocycles. The van der Waals surface area contributed by atoms with Crippen molar-refractivity contribution in [2.45, 2.75) is 25.8 Å². The first-order chi connectivity index (χ1) is 12.8. The third-order valence-corrected chi connectivity index (χ3v) is 5.00. The van der Waals surface area contributed by atoms with Gasteiger partial charge in [0.2, 0.25) is 0 Å². The Balaban J connectivity index is 1.91. The number of hydrogen-bond donors (Lipinski definition) is 1. The normalized spacial score (nSPS) is 23.8. The first kappa shape index (κ1) is 17.1. The Morgan fingerprint density at radius 3 is 2.88 bits per heavy atom. The summed E-state index contributed by atoms with van der Waals surface area (Å²) in [6.07, 6.45) is 10.7. The quantitative estimate of drug-likeness (QED) is 0.905. The lowest BCUT2D eigenvalue weighted by molar-refractivity contribution is 0.0721. The van der Waals surface area contributed by atoms with Crippen LogP contribution in [-0.4, -0.2) is 47.3 Å².